The molecule has 0 unspecified atom stereocenters. The highest BCUT2D eigenvalue weighted by Gasteiger charge is 2.23. The fraction of sp³-hybridized carbons (Fsp3) is 0. The Balaban J connectivity index is 2.48. The molecule has 0 aliphatic heterocycles. The number of hydrogen-bond donors (Lipinski definition) is 0. The summed E-state index contributed by atoms with van der Waals surface area (Å²) in [6, 6.07) is 7.04. The summed E-state index contributed by atoms with van der Waals surface area (Å²) in [6.45, 7) is 0. The van der Waals surface area contributed by atoms with Crippen molar-refractivity contribution in [1.82, 2.24) is 0 Å². The van der Waals surface area contributed by atoms with Gasteiger partial charge in [-0.2, -0.15) is 4.39 Å². The molecule has 0 aliphatic carbocycles. The van der Waals surface area contributed by atoms with E-state index in [1.54, 1.807) is 0 Å². The van der Waals surface area contributed by atoms with Crippen LogP contribution in [0.1, 0.15) is 0 Å². The molecule has 21 heavy (non-hydrogen) atoms. The van der Waals surface area contributed by atoms with Crippen molar-refractivity contribution in [3.05, 3.63) is 66.9 Å². The SMILES string of the molecule is O=[N+]([O-])c1ccc(Br)c(Oc2cccc(F)c2[N+](=O)[O-])c1. The van der Waals surface area contributed by atoms with Crippen molar-refractivity contribution in [3.8, 4) is 11.5 Å². The second-order valence-corrected chi connectivity index (χ2v) is 4.67. The standard InChI is InChI=1S/C12H6BrFN2O5/c13-8-5-4-7(15(17)18)6-11(8)21-10-3-1-2-9(14)12(10)16(19)20/h1-6H. The van der Waals surface area contributed by atoms with Crippen molar-refractivity contribution in [2.75, 3.05) is 0 Å². The number of rotatable bonds is 4. The molecule has 0 saturated carbocycles. The van der Waals surface area contributed by atoms with E-state index < -0.39 is 21.4 Å². The zero-order valence-electron chi connectivity index (χ0n) is 10.2. The normalized spacial score (nSPS) is 10.2. The summed E-state index contributed by atoms with van der Waals surface area (Å²) < 4.78 is 19.0. The Morgan fingerprint density at radius 3 is 2.38 bits per heavy atom. The fourth-order valence-electron chi connectivity index (χ4n) is 1.56. The first-order valence-corrected chi connectivity index (χ1v) is 6.24. The third-order valence-electron chi connectivity index (χ3n) is 2.48. The van der Waals surface area contributed by atoms with Crippen LogP contribution in [0.15, 0.2) is 40.9 Å². The van der Waals surface area contributed by atoms with E-state index in [2.05, 4.69) is 15.9 Å². The minimum Gasteiger partial charge on any atom is -0.449 e. The zero-order valence-corrected chi connectivity index (χ0v) is 11.7. The second-order valence-electron chi connectivity index (χ2n) is 3.82. The fourth-order valence-corrected chi connectivity index (χ4v) is 1.88. The lowest BCUT2D eigenvalue weighted by molar-refractivity contribution is -0.388. The summed E-state index contributed by atoms with van der Waals surface area (Å²) in [7, 11) is 0. The maximum atomic E-state index is 13.5. The summed E-state index contributed by atoms with van der Waals surface area (Å²) >= 11 is 3.11. The maximum Gasteiger partial charge on any atom is 0.346 e. The van der Waals surface area contributed by atoms with Gasteiger partial charge in [0.05, 0.1) is 20.4 Å². The second kappa shape index (κ2) is 5.83. The van der Waals surface area contributed by atoms with Crippen LogP contribution in [-0.4, -0.2) is 9.85 Å². The van der Waals surface area contributed by atoms with Gasteiger partial charge in [0.1, 0.15) is 5.75 Å². The van der Waals surface area contributed by atoms with Gasteiger partial charge in [-0.1, -0.05) is 6.07 Å². The highest BCUT2D eigenvalue weighted by atomic mass is 79.9. The van der Waals surface area contributed by atoms with E-state index in [4.69, 9.17) is 4.74 Å². The van der Waals surface area contributed by atoms with Gasteiger partial charge < -0.3 is 4.74 Å². The van der Waals surface area contributed by atoms with Crippen molar-refractivity contribution < 1.29 is 19.0 Å². The Labute approximate surface area is 125 Å². The van der Waals surface area contributed by atoms with Crippen LogP contribution < -0.4 is 4.74 Å². The maximum absolute atomic E-state index is 13.5. The summed E-state index contributed by atoms with van der Waals surface area (Å²) in [6.07, 6.45) is 0. The van der Waals surface area contributed by atoms with Crippen LogP contribution in [0.3, 0.4) is 0 Å². The molecule has 0 bridgehead atoms. The molecule has 0 aromatic heterocycles. The average Bonchev–Trinajstić information content (AvgIpc) is 2.40. The van der Waals surface area contributed by atoms with Crippen molar-refractivity contribution in [2.45, 2.75) is 0 Å². The van der Waals surface area contributed by atoms with Crippen molar-refractivity contribution in [2.24, 2.45) is 0 Å². The van der Waals surface area contributed by atoms with Gasteiger partial charge in [-0.3, -0.25) is 20.2 Å². The molecule has 0 N–H and O–H groups in total. The number of nitro benzene ring substituents is 2. The summed E-state index contributed by atoms with van der Waals surface area (Å²) in [4.78, 5) is 20.0. The first kappa shape index (κ1) is 14.9. The molecule has 0 aliphatic rings. The number of hydrogen-bond acceptors (Lipinski definition) is 5. The van der Waals surface area contributed by atoms with E-state index in [1.165, 1.54) is 24.3 Å². The van der Waals surface area contributed by atoms with Crippen LogP contribution in [0.25, 0.3) is 0 Å². The summed E-state index contributed by atoms with van der Waals surface area (Å²) in [5, 5.41) is 21.6. The molecule has 0 saturated heterocycles. The predicted octanol–water partition coefficient (Wildman–Crippen LogP) is 4.20. The zero-order chi connectivity index (χ0) is 15.6. The quantitative estimate of drug-likeness (QED) is 0.604. The average molecular weight is 357 g/mol. The summed E-state index contributed by atoms with van der Waals surface area (Å²) in [5.41, 5.74) is -1.09. The van der Waals surface area contributed by atoms with Gasteiger partial charge in [0.15, 0.2) is 0 Å². The number of ether oxygens (including phenoxy) is 1. The lowest BCUT2D eigenvalue weighted by Gasteiger charge is -2.08. The van der Waals surface area contributed by atoms with E-state index in [0.717, 1.165) is 12.1 Å². The van der Waals surface area contributed by atoms with Gasteiger partial charge in [-0.25, -0.2) is 0 Å². The van der Waals surface area contributed by atoms with Crippen molar-refractivity contribution in [1.29, 1.82) is 0 Å². The number of para-hydroxylation sites is 1. The molecule has 9 heteroatoms. The van der Waals surface area contributed by atoms with Crippen LogP contribution >= 0.6 is 15.9 Å². The number of non-ortho nitro benzene ring substituents is 1. The Bertz CT molecular complexity index is 738. The van der Waals surface area contributed by atoms with E-state index in [9.17, 15) is 24.6 Å². The predicted molar refractivity (Wildman–Crippen MR) is 73.9 cm³/mol. The molecule has 0 amide bonds. The Morgan fingerprint density at radius 2 is 1.76 bits per heavy atom. The molecule has 108 valence electrons. The van der Waals surface area contributed by atoms with Crippen LogP contribution in [0.2, 0.25) is 0 Å². The smallest absolute Gasteiger partial charge is 0.346 e. The first-order chi connectivity index (χ1) is 9.90. The minimum absolute atomic E-state index is 0.0297. The molecule has 7 nitrogen and oxygen atoms in total. The lowest BCUT2D eigenvalue weighted by atomic mass is 10.2. The highest BCUT2D eigenvalue weighted by Crippen LogP contribution is 2.37. The third-order valence-corrected chi connectivity index (χ3v) is 3.13. The molecule has 2 aromatic rings. The number of benzene rings is 2. The van der Waals surface area contributed by atoms with Crippen molar-refractivity contribution in [3.63, 3.8) is 0 Å². The van der Waals surface area contributed by atoms with Crippen molar-refractivity contribution >= 4 is 27.3 Å². The lowest BCUT2D eigenvalue weighted by Crippen LogP contribution is -1.97. The molecule has 0 radical (unpaired) electrons. The molecule has 0 atom stereocenters. The van der Waals surface area contributed by atoms with Crippen LogP contribution in [0.4, 0.5) is 15.8 Å². The van der Waals surface area contributed by atoms with E-state index >= 15 is 0 Å². The van der Waals surface area contributed by atoms with Gasteiger partial charge in [-0.05, 0) is 34.1 Å². The van der Waals surface area contributed by atoms with E-state index in [1.807, 2.05) is 0 Å². The Kier molecular flexibility index (Phi) is 4.13. The topological polar surface area (TPSA) is 95.5 Å². The van der Waals surface area contributed by atoms with Gasteiger partial charge in [0.25, 0.3) is 5.69 Å². The minimum atomic E-state index is -1.06. The van der Waals surface area contributed by atoms with Gasteiger partial charge in [0, 0.05) is 6.07 Å². The largest absolute Gasteiger partial charge is 0.449 e. The summed E-state index contributed by atoms with van der Waals surface area (Å²) in [5.74, 6) is -1.43. The number of halogens is 2. The highest BCUT2D eigenvalue weighted by molar-refractivity contribution is 9.10. The molecule has 0 heterocycles. The molecule has 0 fully saturated rings. The Morgan fingerprint density at radius 1 is 1.05 bits per heavy atom. The first-order valence-electron chi connectivity index (χ1n) is 5.45. The monoisotopic (exact) mass is 356 g/mol. The van der Waals surface area contributed by atoms with E-state index in [-0.39, 0.29) is 17.2 Å². The van der Waals surface area contributed by atoms with Crippen LogP contribution in [0.5, 0.6) is 11.5 Å². The molecule has 0 spiro atoms. The number of nitrogens with zero attached hydrogens (tertiary/aromatic N) is 2. The molecule has 2 rings (SSSR count). The van der Waals surface area contributed by atoms with Gasteiger partial charge in [-0.15, -0.1) is 0 Å². The third kappa shape index (κ3) is 3.14. The van der Waals surface area contributed by atoms with Gasteiger partial charge >= 0.3 is 5.69 Å². The van der Waals surface area contributed by atoms with Crippen LogP contribution in [0, 0.1) is 26.0 Å². The molecular formula is C12H6BrFN2O5. The van der Waals surface area contributed by atoms with E-state index in [0.29, 0.717) is 4.47 Å². The van der Waals surface area contributed by atoms with Gasteiger partial charge in [0.2, 0.25) is 11.6 Å². The molecular weight excluding hydrogens is 351 g/mol. The Hall–Kier alpha value is -2.55. The number of nitro groups is 2. The molecule has 2 aromatic carbocycles. The van der Waals surface area contributed by atoms with Crippen LogP contribution in [-0.2, 0) is 0 Å².